The van der Waals surface area contributed by atoms with Gasteiger partial charge in [-0.3, -0.25) is 0 Å². The molecule has 0 bridgehead atoms. The maximum Gasteiger partial charge on any atom is 0.0370 e. The van der Waals surface area contributed by atoms with Crippen molar-refractivity contribution in [1.29, 1.82) is 0 Å². The van der Waals surface area contributed by atoms with Crippen LogP contribution in [0.3, 0.4) is 0 Å². The van der Waals surface area contributed by atoms with Crippen LogP contribution >= 0.6 is 32.1 Å². The van der Waals surface area contributed by atoms with Crippen molar-refractivity contribution in [2.45, 2.75) is 6.54 Å². The normalized spacial score (nSPS) is 10.0. The molecule has 0 radical (unpaired) electrons. The lowest BCUT2D eigenvalue weighted by molar-refractivity contribution is 0.693. The van der Waals surface area contributed by atoms with Gasteiger partial charge in [-0.15, -0.1) is 0 Å². The average molecular weight is 280 g/mol. The Morgan fingerprint density at radius 1 is 1.27 bits per heavy atom. The molecule has 0 aliphatic rings. The second kappa shape index (κ2) is 4.87. The molecule has 0 aromatic heterocycles. The summed E-state index contributed by atoms with van der Waals surface area (Å²) in [7, 11) is 0. The molecular weight excluding hydrogens is 272 g/mol. The summed E-state index contributed by atoms with van der Waals surface area (Å²) in [5.41, 5.74) is 4.16. The van der Waals surface area contributed by atoms with E-state index in [1.165, 1.54) is 5.56 Å². The van der Waals surface area contributed by atoms with E-state index in [9.17, 15) is 0 Å². The molecular formula is C7H8Br2N2. The Morgan fingerprint density at radius 3 is 2.64 bits per heavy atom. The molecule has 0 aliphatic carbocycles. The number of hydrazine groups is 1. The molecule has 0 atom stereocenters. The van der Waals surface area contributed by atoms with E-state index in [-0.39, 0.29) is 0 Å². The highest BCUT2D eigenvalue weighted by Gasteiger charge is 1.95. The third kappa shape index (κ3) is 2.91. The Bertz CT molecular complexity index is 227. The van der Waals surface area contributed by atoms with Gasteiger partial charge >= 0.3 is 0 Å². The summed E-state index contributed by atoms with van der Waals surface area (Å²) in [5, 5.41) is 0. The molecule has 0 unspecified atom stereocenters. The summed E-state index contributed by atoms with van der Waals surface area (Å²) in [5.74, 6) is 0. The van der Waals surface area contributed by atoms with Gasteiger partial charge in [-0.1, -0.05) is 34.1 Å². The Morgan fingerprint density at radius 2 is 2.00 bits per heavy atom. The first-order valence-corrected chi connectivity index (χ1v) is 4.75. The highest BCUT2D eigenvalue weighted by molar-refractivity contribution is 9.10. The fourth-order valence-electron chi connectivity index (χ4n) is 0.770. The van der Waals surface area contributed by atoms with Crippen LogP contribution in [0.15, 0.2) is 28.7 Å². The molecule has 1 aromatic carbocycles. The topological polar surface area (TPSA) is 24.1 Å². The molecule has 11 heavy (non-hydrogen) atoms. The minimum Gasteiger partial charge on any atom is -0.243 e. The fraction of sp³-hybridized carbons (Fsp3) is 0.143. The van der Waals surface area contributed by atoms with E-state index >= 15 is 0 Å². The maximum absolute atomic E-state index is 3.44. The van der Waals surface area contributed by atoms with E-state index in [0.29, 0.717) is 0 Å². The Kier molecular flexibility index (Phi) is 4.07. The minimum atomic E-state index is 0.784. The van der Waals surface area contributed by atoms with E-state index in [1.807, 2.05) is 18.2 Å². The van der Waals surface area contributed by atoms with E-state index in [0.717, 1.165) is 11.0 Å². The molecule has 4 heteroatoms. The van der Waals surface area contributed by atoms with Gasteiger partial charge in [0.15, 0.2) is 0 Å². The first kappa shape index (κ1) is 9.19. The highest BCUT2D eigenvalue weighted by Crippen LogP contribution is 2.14. The molecule has 0 aliphatic heterocycles. The molecule has 0 amide bonds. The fourth-order valence-corrected chi connectivity index (χ4v) is 1.34. The molecule has 0 saturated heterocycles. The summed E-state index contributed by atoms with van der Waals surface area (Å²) in [6.45, 7) is 0.784. The van der Waals surface area contributed by atoms with Crippen LogP contribution in [0.2, 0.25) is 0 Å². The van der Waals surface area contributed by atoms with Gasteiger partial charge < -0.3 is 0 Å². The van der Waals surface area contributed by atoms with Gasteiger partial charge in [-0.05, 0) is 11.6 Å². The maximum atomic E-state index is 3.44. The van der Waals surface area contributed by atoms with E-state index in [2.05, 4.69) is 48.0 Å². The van der Waals surface area contributed by atoms with Crippen molar-refractivity contribution in [3.05, 3.63) is 34.3 Å². The molecule has 1 aromatic rings. The summed E-state index contributed by atoms with van der Waals surface area (Å²) >= 11 is 6.50. The summed E-state index contributed by atoms with van der Waals surface area (Å²) < 4.78 is 3.81. The van der Waals surface area contributed by atoms with Crippen molar-refractivity contribution < 1.29 is 0 Å². The van der Waals surface area contributed by atoms with Gasteiger partial charge in [-0.2, -0.15) is 4.45 Å². The average Bonchev–Trinajstić information content (AvgIpc) is 2.03. The van der Waals surface area contributed by atoms with Crippen LogP contribution in [0.5, 0.6) is 0 Å². The molecule has 0 fully saturated rings. The summed E-state index contributed by atoms with van der Waals surface area (Å²) in [6.07, 6.45) is 0. The lowest BCUT2D eigenvalue weighted by Crippen LogP contribution is -2.21. The third-order valence-electron chi connectivity index (χ3n) is 1.30. The summed E-state index contributed by atoms with van der Waals surface area (Å²) in [4.78, 5) is 0. The van der Waals surface area contributed by atoms with E-state index in [1.54, 1.807) is 0 Å². The molecule has 60 valence electrons. The quantitative estimate of drug-likeness (QED) is 0.656. The van der Waals surface area contributed by atoms with E-state index < -0.39 is 0 Å². The van der Waals surface area contributed by atoms with Gasteiger partial charge in [-0.25, -0.2) is 5.43 Å². The highest BCUT2D eigenvalue weighted by atomic mass is 79.9. The number of halogens is 2. The van der Waals surface area contributed by atoms with Crippen LogP contribution in [-0.2, 0) is 6.54 Å². The second-order valence-corrected chi connectivity index (χ2v) is 3.29. The largest absolute Gasteiger partial charge is 0.243 e. The van der Waals surface area contributed by atoms with Crippen molar-refractivity contribution in [3.63, 3.8) is 0 Å². The standard InChI is InChI=1S/C7H8Br2N2/c8-7-4-2-1-3-6(7)5-10-11-9/h1-4,10-11H,5H2. The van der Waals surface area contributed by atoms with Gasteiger partial charge in [0.05, 0.1) is 0 Å². The van der Waals surface area contributed by atoms with Gasteiger partial charge in [0.2, 0.25) is 0 Å². The zero-order chi connectivity index (χ0) is 8.10. The van der Waals surface area contributed by atoms with Crippen LogP contribution in [-0.4, -0.2) is 0 Å². The Labute approximate surface area is 82.8 Å². The van der Waals surface area contributed by atoms with E-state index in [4.69, 9.17) is 0 Å². The SMILES string of the molecule is BrNNCc1ccccc1Br. The van der Waals surface area contributed by atoms with Crippen LogP contribution in [0, 0.1) is 0 Å². The lowest BCUT2D eigenvalue weighted by Gasteiger charge is -2.03. The predicted octanol–water partition coefficient (Wildman–Crippen LogP) is 2.35. The van der Waals surface area contributed by atoms with Crippen molar-refractivity contribution in [3.8, 4) is 0 Å². The molecule has 2 N–H and O–H groups in total. The van der Waals surface area contributed by atoms with Crippen LogP contribution in [0.4, 0.5) is 0 Å². The number of hydrogen-bond acceptors (Lipinski definition) is 2. The van der Waals surface area contributed by atoms with Crippen molar-refractivity contribution in [2.75, 3.05) is 0 Å². The Balaban J connectivity index is 2.62. The number of nitrogens with one attached hydrogen (secondary N) is 2. The van der Waals surface area contributed by atoms with Crippen LogP contribution < -0.4 is 9.88 Å². The van der Waals surface area contributed by atoms with Crippen LogP contribution in [0.1, 0.15) is 5.56 Å². The first-order chi connectivity index (χ1) is 5.34. The monoisotopic (exact) mass is 278 g/mol. The van der Waals surface area contributed by atoms with Crippen molar-refractivity contribution in [1.82, 2.24) is 9.88 Å². The summed E-state index contributed by atoms with van der Waals surface area (Å²) in [6, 6.07) is 8.08. The zero-order valence-corrected chi connectivity index (χ0v) is 8.94. The lowest BCUT2D eigenvalue weighted by atomic mass is 10.2. The van der Waals surface area contributed by atoms with Gasteiger partial charge in [0.1, 0.15) is 0 Å². The van der Waals surface area contributed by atoms with Crippen molar-refractivity contribution >= 4 is 32.1 Å². The number of benzene rings is 1. The van der Waals surface area contributed by atoms with Gasteiger partial charge in [0.25, 0.3) is 0 Å². The molecule has 1 rings (SSSR count). The number of rotatable bonds is 3. The van der Waals surface area contributed by atoms with Crippen molar-refractivity contribution in [2.24, 2.45) is 0 Å². The smallest absolute Gasteiger partial charge is 0.0370 e. The predicted molar refractivity (Wildman–Crippen MR) is 53.0 cm³/mol. The zero-order valence-electron chi connectivity index (χ0n) is 5.77. The third-order valence-corrected chi connectivity index (χ3v) is 2.36. The minimum absolute atomic E-state index is 0.784. The van der Waals surface area contributed by atoms with Gasteiger partial charge in [0, 0.05) is 27.2 Å². The molecule has 2 nitrogen and oxygen atoms in total. The van der Waals surface area contributed by atoms with Crippen LogP contribution in [0.25, 0.3) is 0 Å². The second-order valence-electron chi connectivity index (χ2n) is 2.04. The molecule has 0 saturated carbocycles. The number of hydrogen-bond donors (Lipinski definition) is 2. The molecule has 0 spiro atoms. The first-order valence-electron chi connectivity index (χ1n) is 3.16. The Hall–Kier alpha value is 0.100. The molecule has 0 heterocycles.